The van der Waals surface area contributed by atoms with Crippen LogP contribution in [0.25, 0.3) is 51.1 Å². The maximum absolute atomic E-state index is 11.4. The van der Waals surface area contributed by atoms with Gasteiger partial charge in [-0.1, -0.05) is 53.0 Å². The van der Waals surface area contributed by atoms with E-state index in [4.69, 9.17) is 54.1 Å². The molecule has 22 heteroatoms. The van der Waals surface area contributed by atoms with Crippen LogP contribution in [-0.2, 0) is 9.47 Å². The van der Waals surface area contributed by atoms with Crippen molar-refractivity contribution < 1.29 is 19.3 Å². The van der Waals surface area contributed by atoms with Gasteiger partial charge in [0.25, 0.3) is 0 Å². The van der Waals surface area contributed by atoms with E-state index < -0.39 is 0 Å². The summed E-state index contributed by atoms with van der Waals surface area (Å²) in [6.45, 7) is 11.5. The van der Waals surface area contributed by atoms with Gasteiger partial charge in [-0.2, -0.15) is 0 Å². The maximum atomic E-state index is 11.4. The predicted molar refractivity (Wildman–Crippen MR) is 288 cm³/mol. The highest BCUT2D eigenvalue weighted by Gasteiger charge is 2.15. The lowest BCUT2D eigenvalue weighted by Crippen LogP contribution is -2.38. The van der Waals surface area contributed by atoms with Gasteiger partial charge in [0, 0.05) is 76.2 Å². The summed E-state index contributed by atoms with van der Waals surface area (Å²) in [5.74, 6) is 0.645. The molecule has 0 unspecified atom stereocenters. The zero-order valence-electron chi connectivity index (χ0n) is 38.2. The SMILES string of the molecule is Cc1cc2ncc(-c3cccc(Br)n3)n2cc1Cl.Clc1cn2c(-c3cccc(Br)n3)cnc2cc1OCCN1CCOCC1.O=c1cc2[nH]cc(-c3cccc(Br)n3)n2cc1Cl.OCCN1CCOCC1. The number of imidazole rings is 3. The Morgan fingerprint density at radius 1 is 0.648 bits per heavy atom. The van der Waals surface area contributed by atoms with Gasteiger partial charge in [0.2, 0.25) is 5.43 Å². The molecule has 2 aliphatic rings. The van der Waals surface area contributed by atoms with Crippen LogP contribution < -0.4 is 10.2 Å². The van der Waals surface area contributed by atoms with Gasteiger partial charge in [-0.25, -0.2) is 24.9 Å². The normalized spacial score (nSPS) is 14.1. The number of fused-ring (bicyclic) bond motifs is 3. The second-order valence-electron chi connectivity index (χ2n) is 16.0. The van der Waals surface area contributed by atoms with Crippen LogP contribution in [0.3, 0.4) is 0 Å². The Labute approximate surface area is 448 Å². The number of pyridine rings is 6. The molecule has 9 aromatic rings. The number of morpholine rings is 2. The van der Waals surface area contributed by atoms with Gasteiger partial charge in [0.15, 0.2) is 0 Å². The van der Waals surface area contributed by atoms with Crippen LogP contribution in [0.1, 0.15) is 5.56 Å². The number of halogens is 6. The Morgan fingerprint density at radius 3 is 1.68 bits per heavy atom. The molecular formula is C49H47Br3Cl3N11O5. The molecule has 2 saturated heterocycles. The Balaban J connectivity index is 0.000000134. The Hall–Kier alpha value is -4.77. The predicted octanol–water partition coefficient (Wildman–Crippen LogP) is 10.1. The minimum absolute atomic E-state index is 0.184. The van der Waals surface area contributed by atoms with Gasteiger partial charge in [-0.05, 0) is 103 Å². The van der Waals surface area contributed by atoms with Crippen LogP contribution >= 0.6 is 82.6 Å². The zero-order chi connectivity index (χ0) is 49.9. The smallest absolute Gasteiger partial charge is 0.202 e. The average molecular weight is 1220 g/mol. The highest BCUT2D eigenvalue weighted by molar-refractivity contribution is 9.11. The first kappa shape index (κ1) is 52.5. The fourth-order valence-electron chi connectivity index (χ4n) is 7.52. The monoisotopic (exact) mass is 1210 g/mol. The number of aromatic nitrogens is 9. The molecule has 2 N–H and O–H groups in total. The highest BCUT2D eigenvalue weighted by atomic mass is 79.9. The second kappa shape index (κ2) is 25.3. The highest BCUT2D eigenvalue weighted by Crippen LogP contribution is 2.30. The number of aliphatic hydroxyl groups excluding tert-OH is 1. The van der Waals surface area contributed by atoms with Crippen LogP contribution in [0, 0.1) is 6.92 Å². The fourth-order valence-corrected chi connectivity index (χ4v) is 9.07. The number of ether oxygens (including phenoxy) is 3. The fraction of sp³-hybridized carbons (Fsp3) is 0.265. The van der Waals surface area contributed by atoms with E-state index in [1.807, 2.05) is 94.8 Å². The van der Waals surface area contributed by atoms with Gasteiger partial charge < -0.3 is 24.3 Å². The number of aryl methyl sites for hydroxylation is 1. The van der Waals surface area contributed by atoms with Crippen molar-refractivity contribution in [1.82, 2.24) is 52.9 Å². The van der Waals surface area contributed by atoms with Crippen molar-refractivity contribution in [3.05, 3.63) is 155 Å². The van der Waals surface area contributed by atoms with Crippen molar-refractivity contribution in [2.75, 3.05) is 78.9 Å². The molecule has 16 nitrogen and oxygen atoms in total. The number of nitrogens with one attached hydrogen (secondary N) is 1. The number of hydrogen-bond donors (Lipinski definition) is 2. The number of aromatic amines is 1. The molecule has 0 bridgehead atoms. The Morgan fingerprint density at radius 2 is 1.14 bits per heavy atom. The van der Waals surface area contributed by atoms with Crippen LogP contribution in [0.5, 0.6) is 5.75 Å². The van der Waals surface area contributed by atoms with E-state index in [0.29, 0.717) is 23.0 Å². The molecule has 11 heterocycles. The summed E-state index contributed by atoms with van der Waals surface area (Å²) in [7, 11) is 0. The molecule has 0 aromatic carbocycles. The molecule has 9 aromatic heterocycles. The van der Waals surface area contributed by atoms with Crippen LogP contribution in [0.15, 0.2) is 129 Å². The molecule has 0 spiro atoms. The molecule has 2 fully saturated rings. The average Bonchev–Trinajstić information content (AvgIpc) is 4.10. The summed E-state index contributed by atoms with van der Waals surface area (Å²) >= 11 is 28.6. The minimum atomic E-state index is -0.202. The zero-order valence-corrected chi connectivity index (χ0v) is 45.2. The lowest BCUT2D eigenvalue weighted by molar-refractivity contribution is 0.0306. The van der Waals surface area contributed by atoms with Crippen LogP contribution in [0.4, 0.5) is 0 Å². The number of H-pyrrole nitrogens is 1. The summed E-state index contributed by atoms with van der Waals surface area (Å²) in [4.78, 5) is 41.1. The van der Waals surface area contributed by atoms with Crippen molar-refractivity contribution >= 4 is 99.5 Å². The van der Waals surface area contributed by atoms with Crippen molar-refractivity contribution in [1.29, 1.82) is 0 Å². The van der Waals surface area contributed by atoms with E-state index in [9.17, 15) is 4.79 Å². The third kappa shape index (κ3) is 13.8. The van der Waals surface area contributed by atoms with Crippen molar-refractivity contribution in [2.24, 2.45) is 0 Å². The number of rotatable bonds is 9. The largest absolute Gasteiger partial charge is 0.490 e. The summed E-state index contributed by atoms with van der Waals surface area (Å²) in [6, 6.07) is 22.5. The molecule has 2 aliphatic heterocycles. The van der Waals surface area contributed by atoms with E-state index in [0.717, 1.165) is 136 Å². The summed E-state index contributed by atoms with van der Waals surface area (Å²) in [6.07, 6.45) is 10.7. The van der Waals surface area contributed by atoms with Crippen molar-refractivity contribution in [3.63, 3.8) is 0 Å². The Bertz CT molecular complexity index is 3280. The number of hydrogen-bond acceptors (Lipinski definition) is 12. The molecular weight excluding hydrogens is 1170 g/mol. The van der Waals surface area contributed by atoms with Crippen LogP contribution in [-0.4, -0.2) is 137 Å². The molecule has 71 heavy (non-hydrogen) atoms. The molecule has 11 rings (SSSR count). The summed E-state index contributed by atoms with van der Waals surface area (Å²) in [5, 5.41) is 9.99. The van der Waals surface area contributed by atoms with Crippen LogP contribution in [0.2, 0.25) is 15.1 Å². The quantitative estimate of drug-likeness (QED) is 0.132. The number of nitrogens with zero attached hydrogens (tertiary/aromatic N) is 10. The topological polar surface area (TPSA) is 165 Å². The first-order valence-corrected chi connectivity index (χ1v) is 25.9. The third-order valence-electron chi connectivity index (χ3n) is 11.2. The summed E-state index contributed by atoms with van der Waals surface area (Å²) < 4.78 is 24.4. The molecule has 0 saturated carbocycles. The minimum Gasteiger partial charge on any atom is -0.490 e. The molecule has 0 aliphatic carbocycles. The molecule has 0 radical (unpaired) electrons. The van der Waals surface area contributed by atoms with Gasteiger partial charge >= 0.3 is 0 Å². The molecule has 0 atom stereocenters. The van der Waals surface area contributed by atoms with E-state index in [2.05, 4.69) is 87.5 Å². The lowest BCUT2D eigenvalue weighted by atomic mass is 10.2. The third-order valence-corrected chi connectivity index (χ3v) is 13.5. The van der Waals surface area contributed by atoms with Gasteiger partial charge in [0.1, 0.15) is 48.1 Å². The molecule has 370 valence electrons. The first-order valence-electron chi connectivity index (χ1n) is 22.4. The lowest BCUT2D eigenvalue weighted by Gasteiger charge is -2.26. The van der Waals surface area contributed by atoms with Gasteiger partial charge in [-0.3, -0.25) is 27.8 Å². The maximum Gasteiger partial charge on any atom is 0.202 e. The second-order valence-corrected chi connectivity index (χ2v) is 19.6. The van der Waals surface area contributed by atoms with Gasteiger partial charge in [0.05, 0.1) is 89.6 Å². The van der Waals surface area contributed by atoms with E-state index in [1.165, 1.54) is 6.07 Å². The number of aliphatic hydroxyl groups is 1. The van der Waals surface area contributed by atoms with E-state index in [-0.39, 0.29) is 17.1 Å². The standard InChI is InChI=1S/C18H18BrClN4O2.C13H9BrClN3.C12H7BrClN3O.C6H13NO2/c19-17-3-1-2-14(22-17)15-11-21-18-10-16(13(20)12-24(15)18)26-9-6-23-4-7-25-8-5-23;1-8-5-13-16-6-11(18(13)7-9(8)15)10-3-2-4-12(14)17-10;13-11-3-1-2-8(16-11)9-5-15-12-4-10(18)7(14)6-17(9)12;8-4-1-7-2-5-9-6-3-7/h1-3,10-12H,4-9H2;2-7H,1H3;1-6,15H;8H,1-6H2. The Kier molecular flexibility index (Phi) is 18.7. The summed E-state index contributed by atoms with van der Waals surface area (Å²) in [5.41, 5.74) is 8.25. The first-order chi connectivity index (χ1) is 34.4. The van der Waals surface area contributed by atoms with Crippen molar-refractivity contribution in [3.8, 4) is 39.9 Å². The van der Waals surface area contributed by atoms with Gasteiger partial charge in [-0.15, -0.1) is 0 Å². The van der Waals surface area contributed by atoms with E-state index >= 15 is 0 Å². The number of β-amino-alcohol motifs (C(OH)–C–C–N with tert-alkyl or cyclic N) is 1. The van der Waals surface area contributed by atoms with E-state index in [1.54, 1.807) is 29.2 Å². The molecule has 0 amide bonds. The van der Waals surface area contributed by atoms with Crippen molar-refractivity contribution in [2.45, 2.75) is 6.92 Å².